The lowest BCUT2D eigenvalue weighted by Gasteiger charge is -2.39. The fourth-order valence-corrected chi connectivity index (χ4v) is 9.42. The highest BCUT2D eigenvalue weighted by Crippen LogP contribution is 2.62. The fourth-order valence-electron chi connectivity index (χ4n) is 9.42. The minimum Gasteiger partial charge on any atom is -0.457 e. The van der Waals surface area contributed by atoms with E-state index in [1.54, 1.807) is 0 Å². The first-order valence-corrected chi connectivity index (χ1v) is 16.9. The summed E-state index contributed by atoms with van der Waals surface area (Å²) < 4.78 is 9.09. The zero-order chi connectivity index (χ0) is 31.8. The van der Waals surface area contributed by atoms with E-state index in [-0.39, 0.29) is 5.41 Å². The van der Waals surface area contributed by atoms with Gasteiger partial charge in [0.2, 0.25) is 0 Å². The minimum atomic E-state index is -0.503. The van der Waals surface area contributed by atoms with Gasteiger partial charge in [-0.1, -0.05) is 123 Å². The molecule has 1 aromatic heterocycles. The number of fused-ring (bicyclic) bond motifs is 15. The van der Waals surface area contributed by atoms with Crippen molar-refractivity contribution in [1.82, 2.24) is 4.57 Å². The van der Waals surface area contributed by atoms with Gasteiger partial charge in [0.05, 0.1) is 16.4 Å². The number of benzene rings is 7. The van der Waals surface area contributed by atoms with Crippen LogP contribution in [0.1, 0.15) is 47.2 Å². The molecule has 0 atom stereocenters. The maximum atomic E-state index is 6.60. The Kier molecular flexibility index (Phi) is 4.88. The Morgan fingerprint density at radius 3 is 1.75 bits per heavy atom. The van der Waals surface area contributed by atoms with Gasteiger partial charge in [-0.05, 0) is 87.0 Å². The van der Waals surface area contributed by atoms with Gasteiger partial charge in [0, 0.05) is 33.0 Å². The maximum Gasteiger partial charge on any atom is 0.132 e. The molecule has 0 radical (unpaired) electrons. The van der Waals surface area contributed by atoms with E-state index in [1.807, 2.05) is 0 Å². The summed E-state index contributed by atoms with van der Waals surface area (Å²) >= 11 is 0. The Labute approximate surface area is 279 Å². The van der Waals surface area contributed by atoms with Crippen LogP contribution in [0.2, 0.25) is 0 Å². The Morgan fingerprint density at radius 2 is 1.00 bits per heavy atom. The summed E-state index contributed by atoms with van der Waals surface area (Å²) in [5, 5.41) is 2.56. The van der Waals surface area contributed by atoms with Crippen molar-refractivity contribution >= 4 is 21.8 Å². The van der Waals surface area contributed by atoms with Gasteiger partial charge in [-0.15, -0.1) is 0 Å². The van der Waals surface area contributed by atoms with Crippen LogP contribution in [0.4, 0.5) is 0 Å². The number of para-hydroxylation sites is 3. The van der Waals surface area contributed by atoms with Gasteiger partial charge in [-0.2, -0.15) is 0 Å². The molecule has 0 saturated carbocycles. The Bertz CT molecular complexity index is 2640. The molecule has 1 spiro atoms. The third-order valence-corrected chi connectivity index (χ3v) is 11.5. The Morgan fingerprint density at radius 1 is 0.417 bits per heavy atom. The van der Waals surface area contributed by atoms with Crippen LogP contribution < -0.4 is 4.74 Å². The van der Waals surface area contributed by atoms with E-state index in [0.717, 1.165) is 11.5 Å². The number of rotatable bonds is 1. The van der Waals surface area contributed by atoms with Crippen molar-refractivity contribution in [3.63, 3.8) is 0 Å². The predicted molar refractivity (Wildman–Crippen MR) is 196 cm³/mol. The summed E-state index contributed by atoms with van der Waals surface area (Å²) in [6, 6.07) is 56.0. The summed E-state index contributed by atoms with van der Waals surface area (Å²) in [5.74, 6) is 1.83. The third kappa shape index (κ3) is 3.04. The van der Waals surface area contributed by atoms with Crippen LogP contribution in [0, 0.1) is 0 Å². The van der Waals surface area contributed by atoms with Crippen LogP contribution in [0.15, 0.2) is 152 Å². The Balaban J connectivity index is 1.24. The first kappa shape index (κ1) is 26.2. The number of ether oxygens (including phenoxy) is 1. The lowest BCUT2D eigenvalue weighted by molar-refractivity contribution is 0.436. The molecule has 0 saturated heterocycles. The van der Waals surface area contributed by atoms with Gasteiger partial charge in [0.25, 0.3) is 0 Å². The summed E-state index contributed by atoms with van der Waals surface area (Å²) in [5.41, 5.74) is 16.1. The molecule has 0 N–H and O–H groups in total. The fraction of sp³-hybridized carbons (Fsp3) is 0.0870. The lowest BCUT2D eigenvalue weighted by atomic mass is 9.66. The largest absolute Gasteiger partial charge is 0.457 e. The molecule has 48 heavy (non-hydrogen) atoms. The summed E-state index contributed by atoms with van der Waals surface area (Å²) in [6.07, 6.45) is 0. The number of aromatic nitrogens is 1. The third-order valence-electron chi connectivity index (χ3n) is 11.5. The van der Waals surface area contributed by atoms with E-state index < -0.39 is 5.41 Å². The van der Waals surface area contributed by atoms with E-state index >= 15 is 0 Å². The highest BCUT2D eigenvalue weighted by atomic mass is 16.5. The van der Waals surface area contributed by atoms with Gasteiger partial charge in [0.15, 0.2) is 0 Å². The molecular weight excluding hydrogens is 583 g/mol. The first-order chi connectivity index (χ1) is 23.6. The molecule has 11 rings (SSSR count). The zero-order valence-electron chi connectivity index (χ0n) is 26.8. The van der Waals surface area contributed by atoms with Gasteiger partial charge in [0.1, 0.15) is 11.5 Å². The van der Waals surface area contributed by atoms with E-state index in [2.05, 4.69) is 170 Å². The summed E-state index contributed by atoms with van der Waals surface area (Å²) in [7, 11) is 0. The zero-order valence-corrected chi connectivity index (χ0v) is 26.8. The van der Waals surface area contributed by atoms with E-state index in [9.17, 15) is 0 Å². The molecule has 0 fully saturated rings. The lowest BCUT2D eigenvalue weighted by Crippen LogP contribution is -2.32. The van der Waals surface area contributed by atoms with Gasteiger partial charge in [-0.3, -0.25) is 0 Å². The van der Waals surface area contributed by atoms with Crippen molar-refractivity contribution in [3.8, 4) is 39.4 Å². The van der Waals surface area contributed by atoms with Gasteiger partial charge >= 0.3 is 0 Å². The molecule has 0 amide bonds. The van der Waals surface area contributed by atoms with Crippen LogP contribution >= 0.6 is 0 Å². The van der Waals surface area contributed by atoms with Crippen LogP contribution in [-0.4, -0.2) is 4.57 Å². The molecule has 7 aromatic carbocycles. The molecule has 226 valence electrons. The van der Waals surface area contributed by atoms with E-state index in [1.165, 1.54) is 83.1 Å². The van der Waals surface area contributed by atoms with Crippen molar-refractivity contribution in [3.05, 3.63) is 185 Å². The number of hydrogen-bond donors (Lipinski definition) is 0. The molecule has 3 aliphatic rings. The van der Waals surface area contributed by atoms with Crippen molar-refractivity contribution in [2.75, 3.05) is 0 Å². The second-order valence-electron chi connectivity index (χ2n) is 14.1. The van der Waals surface area contributed by atoms with Crippen molar-refractivity contribution in [1.29, 1.82) is 0 Å². The van der Waals surface area contributed by atoms with Crippen molar-refractivity contribution in [2.45, 2.75) is 24.7 Å². The molecule has 1 aliphatic heterocycles. The second kappa shape index (κ2) is 8.93. The summed E-state index contributed by atoms with van der Waals surface area (Å²) in [4.78, 5) is 0. The molecule has 2 aliphatic carbocycles. The maximum absolute atomic E-state index is 6.60. The molecular formula is C46H31NO. The molecule has 0 unspecified atom stereocenters. The average Bonchev–Trinajstić information content (AvgIpc) is 3.69. The van der Waals surface area contributed by atoms with Crippen LogP contribution in [0.25, 0.3) is 49.7 Å². The smallest absolute Gasteiger partial charge is 0.132 e. The summed E-state index contributed by atoms with van der Waals surface area (Å²) in [6.45, 7) is 4.74. The number of nitrogens with zero attached hydrogens (tertiary/aromatic N) is 1. The topological polar surface area (TPSA) is 14.2 Å². The highest BCUT2D eigenvalue weighted by Gasteiger charge is 2.51. The monoisotopic (exact) mass is 613 g/mol. The standard InChI is InChI=1S/C46H31NO/c1-45(2)35-16-6-3-14-30(35)33-26-34-32-15-5-10-20-41(32)47(42(34)27-39(33)45)28-23-24-31-29-13-4-7-17-36(29)46(40(31)25-28)37-18-8-11-21-43(37)48-44-22-12-9-19-38(44)46/h3-27H,1-2H3. The normalized spacial score (nSPS) is 15.4. The predicted octanol–water partition coefficient (Wildman–Crippen LogP) is 11.6. The van der Waals surface area contributed by atoms with E-state index in [4.69, 9.17) is 4.74 Å². The average molecular weight is 614 g/mol. The second-order valence-corrected chi connectivity index (χ2v) is 14.1. The SMILES string of the molecule is CC1(C)c2ccccc2-c2cc3c4ccccc4n(-c4ccc5c(c4)C4(c6ccccc6Oc6ccccc64)c4ccccc4-5)c3cc21. The highest BCUT2D eigenvalue weighted by molar-refractivity contribution is 6.11. The quantitative estimate of drug-likeness (QED) is 0.180. The molecule has 0 bridgehead atoms. The number of hydrogen-bond acceptors (Lipinski definition) is 1. The van der Waals surface area contributed by atoms with E-state index in [0.29, 0.717) is 0 Å². The van der Waals surface area contributed by atoms with Crippen LogP contribution in [0.5, 0.6) is 11.5 Å². The minimum absolute atomic E-state index is 0.0828. The van der Waals surface area contributed by atoms with Crippen LogP contribution in [0.3, 0.4) is 0 Å². The molecule has 2 heteroatoms. The molecule has 2 nitrogen and oxygen atoms in total. The van der Waals surface area contributed by atoms with Gasteiger partial charge < -0.3 is 9.30 Å². The molecule has 2 heterocycles. The van der Waals surface area contributed by atoms with Gasteiger partial charge in [-0.25, -0.2) is 0 Å². The van der Waals surface area contributed by atoms with Crippen LogP contribution in [-0.2, 0) is 10.8 Å². The first-order valence-electron chi connectivity index (χ1n) is 16.9. The Hall–Kier alpha value is -5.86. The van der Waals surface area contributed by atoms with Crippen molar-refractivity contribution in [2.24, 2.45) is 0 Å². The van der Waals surface area contributed by atoms with Crippen molar-refractivity contribution < 1.29 is 4.74 Å². The molecule has 8 aromatic rings.